The van der Waals surface area contributed by atoms with Crippen LogP contribution in [0.2, 0.25) is 0 Å². The van der Waals surface area contributed by atoms with Gasteiger partial charge in [0.2, 0.25) is 0 Å². The second-order valence-corrected chi connectivity index (χ2v) is 6.29. The first-order chi connectivity index (χ1) is 7.27. The molecule has 2 fully saturated rings. The van der Waals surface area contributed by atoms with E-state index in [9.17, 15) is 0 Å². The summed E-state index contributed by atoms with van der Waals surface area (Å²) in [5.41, 5.74) is 0. The van der Waals surface area contributed by atoms with Crippen LogP contribution < -0.4 is 0 Å². The molecule has 3 unspecified atom stereocenters. The van der Waals surface area contributed by atoms with E-state index in [4.69, 9.17) is 0 Å². The number of hydrogen-bond donors (Lipinski definition) is 0. The molecule has 0 aromatic heterocycles. The van der Waals surface area contributed by atoms with E-state index >= 15 is 0 Å². The Morgan fingerprint density at radius 3 is 2.13 bits per heavy atom. The molecule has 2 aliphatic carbocycles. The maximum atomic E-state index is 2.55. The van der Waals surface area contributed by atoms with Gasteiger partial charge in [0.25, 0.3) is 0 Å². The van der Waals surface area contributed by atoms with E-state index in [1.807, 2.05) is 0 Å². The van der Waals surface area contributed by atoms with E-state index in [-0.39, 0.29) is 0 Å². The maximum Gasteiger partial charge on any atom is -0.0383 e. The smallest absolute Gasteiger partial charge is 0.0383 e. The van der Waals surface area contributed by atoms with E-state index in [1.54, 1.807) is 0 Å². The summed E-state index contributed by atoms with van der Waals surface area (Å²) in [5.74, 6) is 4.17. The van der Waals surface area contributed by atoms with Crippen molar-refractivity contribution in [3.05, 3.63) is 0 Å². The Morgan fingerprint density at radius 1 is 0.800 bits per heavy atom. The van der Waals surface area contributed by atoms with Gasteiger partial charge in [0.1, 0.15) is 0 Å². The second-order valence-electron chi connectivity index (χ2n) is 6.29. The van der Waals surface area contributed by atoms with Crippen molar-refractivity contribution in [2.24, 2.45) is 23.7 Å². The van der Waals surface area contributed by atoms with Gasteiger partial charge < -0.3 is 0 Å². The molecule has 0 aliphatic heterocycles. The molecular weight excluding hydrogens is 180 g/mol. The zero-order chi connectivity index (χ0) is 10.7. The van der Waals surface area contributed by atoms with Crippen LogP contribution in [0.1, 0.15) is 71.6 Å². The van der Waals surface area contributed by atoms with Gasteiger partial charge in [-0.2, -0.15) is 0 Å². The van der Waals surface area contributed by atoms with Crippen molar-refractivity contribution in [3.8, 4) is 0 Å². The Labute approximate surface area is 95.8 Å². The minimum absolute atomic E-state index is 1.01. The fourth-order valence-corrected chi connectivity index (χ4v) is 4.00. The summed E-state index contributed by atoms with van der Waals surface area (Å²) >= 11 is 0. The summed E-state index contributed by atoms with van der Waals surface area (Å²) in [4.78, 5) is 0. The third-order valence-corrected chi connectivity index (χ3v) is 5.11. The van der Waals surface area contributed by atoms with Gasteiger partial charge in [0.05, 0.1) is 0 Å². The molecule has 0 N–H and O–H groups in total. The highest BCUT2D eigenvalue weighted by Gasteiger charge is 2.29. The van der Waals surface area contributed by atoms with Crippen LogP contribution in [-0.4, -0.2) is 0 Å². The molecule has 88 valence electrons. The summed E-state index contributed by atoms with van der Waals surface area (Å²) in [5, 5.41) is 0. The normalized spacial score (nSPS) is 36.4. The minimum atomic E-state index is 1.01. The highest BCUT2D eigenvalue weighted by Crippen LogP contribution is 2.40. The Kier molecular flexibility index (Phi) is 4.11. The van der Waals surface area contributed by atoms with E-state index in [2.05, 4.69) is 13.8 Å². The van der Waals surface area contributed by atoms with Gasteiger partial charge in [-0.15, -0.1) is 0 Å². The van der Waals surface area contributed by atoms with E-state index in [1.165, 1.54) is 57.8 Å². The van der Waals surface area contributed by atoms with Crippen molar-refractivity contribution in [3.63, 3.8) is 0 Å². The predicted molar refractivity (Wildman–Crippen MR) is 66.9 cm³/mol. The maximum absolute atomic E-state index is 2.55. The molecule has 0 heteroatoms. The summed E-state index contributed by atoms with van der Waals surface area (Å²) in [7, 11) is 0. The molecule has 2 rings (SSSR count). The Balaban J connectivity index is 1.85. The molecule has 0 amide bonds. The summed E-state index contributed by atoms with van der Waals surface area (Å²) in [6, 6.07) is 0. The van der Waals surface area contributed by atoms with Crippen molar-refractivity contribution < 1.29 is 0 Å². The van der Waals surface area contributed by atoms with Gasteiger partial charge >= 0.3 is 0 Å². The molecule has 0 bridgehead atoms. The third kappa shape index (κ3) is 2.98. The van der Waals surface area contributed by atoms with E-state index in [0.29, 0.717) is 0 Å². The average Bonchev–Trinajstić information content (AvgIpc) is 2.29. The van der Waals surface area contributed by atoms with Crippen LogP contribution in [0.3, 0.4) is 0 Å². The lowest BCUT2D eigenvalue weighted by molar-refractivity contribution is 0.138. The quantitative estimate of drug-likeness (QED) is 0.597. The average molecular weight is 208 g/mol. The van der Waals surface area contributed by atoms with Gasteiger partial charge in [0.15, 0.2) is 0 Å². The van der Waals surface area contributed by atoms with Crippen LogP contribution in [0.5, 0.6) is 0 Å². The highest BCUT2D eigenvalue weighted by atomic mass is 14.3. The van der Waals surface area contributed by atoms with Crippen LogP contribution >= 0.6 is 0 Å². The Hall–Kier alpha value is 0. The number of hydrogen-bond acceptors (Lipinski definition) is 0. The van der Waals surface area contributed by atoms with Crippen LogP contribution in [0, 0.1) is 23.7 Å². The second kappa shape index (κ2) is 5.37. The highest BCUT2D eigenvalue weighted by molar-refractivity contribution is 4.80. The summed E-state index contributed by atoms with van der Waals surface area (Å²) < 4.78 is 0. The third-order valence-electron chi connectivity index (χ3n) is 5.11. The van der Waals surface area contributed by atoms with E-state index < -0.39 is 0 Å². The first kappa shape index (κ1) is 11.5. The Morgan fingerprint density at radius 2 is 1.47 bits per heavy atom. The zero-order valence-electron chi connectivity index (χ0n) is 10.7. The van der Waals surface area contributed by atoms with Gasteiger partial charge in [-0.1, -0.05) is 65.2 Å². The van der Waals surface area contributed by atoms with Gasteiger partial charge in [0, 0.05) is 0 Å². The first-order valence-electron chi connectivity index (χ1n) is 7.27. The van der Waals surface area contributed by atoms with Crippen LogP contribution in [0.4, 0.5) is 0 Å². The monoisotopic (exact) mass is 208 g/mol. The van der Waals surface area contributed by atoms with Crippen LogP contribution in [0.15, 0.2) is 0 Å². The number of rotatable bonds is 2. The van der Waals surface area contributed by atoms with Crippen LogP contribution in [0.25, 0.3) is 0 Å². The molecule has 0 nitrogen and oxygen atoms in total. The lowest BCUT2D eigenvalue weighted by Gasteiger charge is -2.37. The van der Waals surface area contributed by atoms with Crippen molar-refractivity contribution in [1.29, 1.82) is 0 Å². The van der Waals surface area contributed by atoms with Crippen molar-refractivity contribution >= 4 is 0 Å². The molecule has 2 saturated carbocycles. The van der Waals surface area contributed by atoms with Gasteiger partial charge in [-0.25, -0.2) is 0 Å². The molecular formula is C15H28. The lowest BCUT2D eigenvalue weighted by atomic mass is 9.69. The fraction of sp³-hybridized carbons (Fsp3) is 1.00. The SMILES string of the molecule is CC1CCCC(C(C)C2CCCCC2)C1. The van der Waals surface area contributed by atoms with Gasteiger partial charge in [-0.3, -0.25) is 0 Å². The van der Waals surface area contributed by atoms with Crippen molar-refractivity contribution in [2.45, 2.75) is 71.6 Å². The molecule has 3 atom stereocenters. The summed E-state index contributed by atoms with van der Waals surface area (Å²) in [6.07, 6.45) is 13.6. The molecule has 2 aliphatic rings. The summed E-state index contributed by atoms with van der Waals surface area (Å²) in [6.45, 7) is 5.01. The molecule has 15 heavy (non-hydrogen) atoms. The van der Waals surface area contributed by atoms with Gasteiger partial charge in [-0.05, 0) is 30.1 Å². The first-order valence-corrected chi connectivity index (χ1v) is 7.27. The molecule has 0 aromatic carbocycles. The molecule has 0 heterocycles. The fourth-order valence-electron chi connectivity index (χ4n) is 4.00. The predicted octanol–water partition coefficient (Wildman–Crippen LogP) is 5.03. The molecule has 0 saturated heterocycles. The Bertz CT molecular complexity index is 178. The van der Waals surface area contributed by atoms with Crippen LogP contribution in [-0.2, 0) is 0 Å². The van der Waals surface area contributed by atoms with E-state index in [0.717, 1.165) is 23.7 Å². The molecule has 0 radical (unpaired) electrons. The molecule has 0 aromatic rings. The molecule has 0 spiro atoms. The largest absolute Gasteiger partial charge is 0.0625 e. The standard InChI is InChI=1S/C15H28/c1-12-7-6-10-15(11-12)13(2)14-8-4-3-5-9-14/h12-15H,3-11H2,1-2H3. The lowest BCUT2D eigenvalue weighted by Crippen LogP contribution is -2.26. The topological polar surface area (TPSA) is 0 Å². The van der Waals surface area contributed by atoms with Crippen molar-refractivity contribution in [2.75, 3.05) is 0 Å². The minimum Gasteiger partial charge on any atom is -0.0625 e. The zero-order valence-corrected chi connectivity index (χ0v) is 10.7. The van der Waals surface area contributed by atoms with Crippen molar-refractivity contribution in [1.82, 2.24) is 0 Å².